The summed E-state index contributed by atoms with van der Waals surface area (Å²) < 4.78 is 36.0. The van der Waals surface area contributed by atoms with E-state index < -0.39 is 16.1 Å². The number of sulfonamides is 1. The van der Waals surface area contributed by atoms with E-state index in [1.54, 1.807) is 23.6 Å². The predicted molar refractivity (Wildman–Crippen MR) is 120 cm³/mol. The normalized spacial score (nSPS) is 14.0. The van der Waals surface area contributed by atoms with Crippen LogP contribution in [0.1, 0.15) is 48.6 Å². The van der Waals surface area contributed by atoms with Crippen LogP contribution in [0.5, 0.6) is 11.8 Å². The largest absolute Gasteiger partial charge is 0.424 e. The van der Waals surface area contributed by atoms with Crippen LogP contribution < -0.4 is 14.8 Å². The highest BCUT2D eigenvalue weighted by Gasteiger charge is 2.24. The highest BCUT2D eigenvalue weighted by molar-refractivity contribution is 7.89. The topological polar surface area (TPSA) is 115 Å². The van der Waals surface area contributed by atoms with Gasteiger partial charge in [-0.05, 0) is 51.0 Å². The fourth-order valence-corrected chi connectivity index (χ4v) is 4.91. The Labute approximate surface area is 186 Å². The summed E-state index contributed by atoms with van der Waals surface area (Å²) in [6.07, 6.45) is 0.984. The van der Waals surface area contributed by atoms with E-state index in [-0.39, 0.29) is 16.7 Å². The Hall–Kier alpha value is -3.24. The molecular formula is C22H25N5O4S. The lowest BCUT2D eigenvalue weighted by atomic mass is 10.2. The molecule has 9 nitrogen and oxygen atoms in total. The first-order valence-electron chi connectivity index (χ1n) is 10.4. The van der Waals surface area contributed by atoms with Gasteiger partial charge < -0.3 is 10.1 Å². The third-order valence-electron chi connectivity index (χ3n) is 5.33. The van der Waals surface area contributed by atoms with Crippen molar-refractivity contribution in [3.63, 3.8) is 0 Å². The molecule has 0 radical (unpaired) electrons. The quantitative estimate of drug-likeness (QED) is 0.501. The number of hydrogen-bond donors (Lipinski definition) is 2. The predicted octanol–water partition coefficient (Wildman–Crippen LogP) is 3.30. The number of nitrogens with one attached hydrogen (secondary N) is 2. The average molecular weight is 456 g/mol. The van der Waals surface area contributed by atoms with Gasteiger partial charge >= 0.3 is 6.01 Å². The molecule has 2 N–H and O–H groups in total. The van der Waals surface area contributed by atoms with E-state index in [0.717, 1.165) is 18.7 Å². The van der Waals surface area contributed by atoms with Crippen molar-refractivity contribution >= 4 is 21.5 Å². The monoisotopic (exact) mass is 455 g/mol. The third-order valence-corrected chi connectivity index (χ3v) is 6.87. The number of carbonyl (C=O) groups is 1. The van der Waals surface area contributed by atoms with E-state index in [4.69, 9.17) is 4.74 Å². The minimum absolute atomic E-state index is 0.0155. The van der Waals surface area contributed by atoms with Crippen LogP contribution in [-0.4, -0.2) is 35.5 Å². The number of Topliss-reactive ketones (excluding diaryl/α,β-unsaturated/α-hetero) is 1. The molecule has 0 fully saturated rings. The summed E-state index contributed by atoms with van der Waals surface area (Å²) in [6, 6.07) is 11.4. The number of fused-ring (bicyclic) bond motifs is 1. The number of anilines is 1. The maximum atomic E-state index is 12.9. The van der Waals surface area contributed by atoms with Gasteiger partial charge in [0.2, 0.25) is 10.0 Å². The van der Waals surface area contributed by atoms with Crippen molar-refractivity contribution in [1.29, 1.82) is 0 Å². The number of carbonyl (C=O) groups excluding carboxylic acids is 1. The first-order chi connectivity index (χ1) is 15.3. The average Bonchev–Trinajstić information content (AvgIpc) is 3.39. The van der Waals surface area contributed by atoms with Gasteiger partial charge in [0, 0.05) is 30.4 Å². The number of aromatic nitrogens is 3. The fraction of sp³-hybridized carbons (Fsp3) is 0.318. The number of ether oxygens (including phenoxy) is 1. The van der Waals surface area contributed by atoms with Crippen molar-refractivity contribution in [2.75, 3.05) is 11.9 Å². The number of nitrogens with zero attached hydrogens (tertiary/aromatic N) is 3. The van der Waals surface area contributed by atoms with Crippen molar-refractivity contribution in [2.24, 2.45) is 0 Å². The molecule has 1 aromatic heterocycles. The van der Waals surface area contributed by atoms with Gasteiger partial charge in [0.1, 0.15) is 5.75 Å². The van der Waals surface area contributed by atoms with Crippen molar-refractivity contribution in [1.82, 2.24) is 19.5 Å². The zero-order chi connectivity index (χ0) is 22.9. The minimum atomic E-state index is -3.88. The summed E-state index contributed by atoms with van der Waals surface area (Å²) in [4.78, 5) is 11.6. The van der Waals surface area contributed by atoms with Crippen LogP contribution in [0.15, 0.2) is 47.4 Å². The zero-order valence-corrected chi connectivity index (χ0v) is 18.9. The summed E-state index contributed by atoms with van der Waals surface area (Å²) >= 11 is 0. The molecule has 0 unspecified atom stereocenters. The smallest absolute Gasteiger partial charge is 0.322 e. The number of rotatable bonds is 8. The van der Waals surface area contributed by atoms with Crippen molar-refractivity contribution < 1.29 is 17.9 Å². The van der Waals surface area contributed by atoms with Crippen LogP contribution in [0.2, 0.25) is 0 Å². The van der Waals surface area contributed by atoms with E-state index in [9.17, 15) is 13.2 Å². The van der Waals surface area contributed by atoms with Crippen molar-refractivity contribution in [2.45, 2.75) is 44.7 Å². The molecule has 2 aromatic carbocycles. The Morgan fingerprint density at radius 3 is 2.81 bits per heavy atom. The van der Waals surface area contributed by atoms with Gasteiger partial charge in [0.15, 0.2) is 11.6 Å². The van der Waals surface area contributed by atoms with Crippen molar-refractivity contribution in [3.8, 4) is 11.8 Å². The highest BCUT2D eigenvalue weighted by atomic mass is 32.2. The fourth-order valence-electron chi connectivity index (χ4n) is 3.67. The summed E-state index contributed by atoms with van der Waals surface area (Å²) in [5.74, 6) is 0.846. The maximum absolute atomic E-state index is 12.9. The van der Waals surface area contributed by atoms with Gasteiger partial charge in [-0.25, -0.2) is 13.1 Å². The first kappa shape index (κ1) is 22.0. The molecule has 0 spiro atoms. The van der Waals surface area contributed by atoms with Gasteiger partial charge in [-0.1, -0.05) is 23.3 Å². The van der Waals surface area contributed by atoms with Gasteiger partial charge in [-0.3, -0.25) is 9.36 Å². The number of benzene rings is 2. The van der Waals surface area contributed by atoms with Crippen molar-refractivity contribution in [3.05, 3.63) is 59.4 Å². The van der Waals surface area contributed by atoms with Crippen LogP contribution in [0.3, 0.4) is 0 Å². The Morgan fingerprint density at radius 2 is 2.06 bits per heavy atom. The molecule has 0 bridgehead atoms. The second kappa shape index (κ2) is 8.71. The zero-order valence-electron chi connectivity index (χ0n) is 18.1. The molecule has 0 saturated carbocycles. The van der Waals surface area contributed by atoms with E-state index in [1.807, 2.05) is 25.1 Å². The summed E-state index contributed by atoms with van der Waals surface area (Å²) in [5.41, 5.74) is 2.61. The molecule has 168 valence electrons. The van der Waals surface area contributed by atoms with E-state index in [0.29, 0.717) is 23.7 Å². The lowest BCUT2D eigenvalue weighted by Crippen LogP contribution is -2.29. The Morgan fingerprint density at radius 1 is 1.25 bits per heavy atom. The van der Waals surface area contributed by atoms with Gasteiger partial charge in [-0.15, -0.1) is 5.10 Å². The Balaban J connectivity index is 1.55. The van der Waals surface area contributed by atoms with Crippen LogP contribution in [0.25, 0.3) is 0 Å². The molecular weight excluding hydrogens is 430 g/mol. The van der Waals surface area contributed by atoms with Gasteiger partial charge in [0.25, 0.3) is 0 Å². The molecule has 0 aliphatic carbocycles. The van der Waals surface area contributed by atoms with E-state index in [2.05, 4.69) is 20.2 Å². The summed E-state index contributed by atoms with van der Waals surface area (Å²) in [5, 5.41) is 11.6. The number of ketones is 1. The molecule has 1 aliphatic heterocycles. The van der Waals surface area contributed by atoms with Crippen LogP contribution in [0.4, 0.5) is 5.69 Å². The number of hydrogen-bond acceptors (Lipinski definition) is 7. The van der Waals surface area contributed by atoms with Crippen LogP contribution >= 0.6 is 0 Å². The molecule has 0 saturated heterocycles. The molecule has 3 aromatic rings. The Bertz CT molecular complexity index is 1270. The van der Waals surface area contributed by atoms with E-state index in [1.165, 1.54) is 24.6 Å². The first-order valence-corrected chi connectivity index (χ1v) is 11.9. The molecule has 0 amide bonds. The van der Waals surface area contributed by atoms with Gasteiger partial charge in [0.05, 0.1) is 10.9 Å². The van der Waals surface area contributed by atoms with Crippen LogP contribution in [-0.2, 0) is 23.0 Å². The second-order valence-electron chi connectivity index (χ2n) is 7.61. The maximum Gasteiger partial charge on any atom is 0.322 e. The Kier molecular flexibility index (Phi) is 5.98. The highest BCUT2D eigenvalue weighted by Crippen LogP contribution is 2.30. The molecule has 2 heterocycles. The van der Waals surface area contributed by atoms with Gasteiger partial charge in [-0.2, -0.15) is 0 Å². The lowest BCUT2D eigenvalue weighted by molar-refractivity contribution is 0.101. The molecule has 10 heteroatoms. The third kappa shape index (κ3) is 4.37. The summed E-state index contributed by atoms with van der Waals surface area (Å²) in [6.45, 7) is 6.38. The lowest BCUT2D eigenvalue weighted by Gasteiger charge is -2.16. The minimum Gasteiger partial charge on any atom is -0.424 e. The molecule has 1 atom stereocenters. The SMILES string of the molecule is CCn1c(Oc2ccc3c(c2)NCC3)nnc1[C@@H](C)NS(=O)(=O)c1cccc(C(C)=O)c1. The standard InChI is InChI=1S/C22H25N5O4S/c1-4-27-21(14(2)26-32(29,30)19-7-5-6-17(12-19)15(3)28)24-25-22(27)31-18-9-8-16-10-11-23-20(16)13-18/h5-9,12-14,23,26H,4,10-11H2,1-3H3/t14-/m1/s1. The molecule has 4 rings (SSSR count). The molecule has 1 aliphatic rings. The van der Waals surface area contributed by atoms with Crippen LogP contribution in [0, 0.1) is 0 Å². The molecule has 32 heavy (non-hydrogen) atoms. The van der Waals surface area contributed by atoms with E-state index >= 15 is 0 Å². The second-order valence-corrected chi connectivity index (χ2v) is 9.32. The summed E-state index contributed by atoms with van der Waals surface area (Å²) in [7, 11) is -3.88.